The Balaban J connectivity index is 1.67. The van der Waals surface area contributed by atoms with Gasteiger partial charge in [0.25, 0.3) is 11.8 Å². The van der Waals surface area contributed by atoms with E-state index < -0.39 is 23.7 Å². The van der Waals surface area contributed by atoms with Crippen molar-refractivity contribution in [1.29, 1.82) is 0 Å². The normalized spacial score (nSPS) is 11.5. The smallest absolute Gasteiger partial charge is 0.258 e. The van der Waals surface area contributed by atoms with Crippen LogP contribution in [0.3, 0.4) is 0 Å². The van der Waals surface area contributed by atoms with Crippen molar-refractivity contribution in [2.45, 2.75) is 6.04 Å². The number of ether oxygens (including phenoxy) is 1. The lowest BCUT2D eigenvalue weighted by molar-refractivity contribution is -0.128. The quantitative estimate of drug-likeness (QED) is 0.566. The molecule has 0 saturated heterocycles. The lowest BCUT2D eigenvalue weighted by Crippen LogP contribution is -2.39. The molecule has 3 rings (SSSR count). The summed E-state index contributed by atoms with van der Waals surface area (Å²) in [4.78, 5) is 25.0. The van der Waals surface area contributed by atoms with E-state index in [1.54, 1.807) is 30.3 Å². The van der Waals surface area contributed by atoms with E-state index in [0.717, 1.165) is 6.07 Å². The van der Waals surface area contributed by atoms with E-state index in [2.05, 4.69) is 20.8 Å². The lowest BCUT2D eigenvalue weighted by atomic mass is 10.1. The molecule has 3 aromatic rings. The first kappa shape index (κ1) is 19.4. The Morgan fingerprint density at radius 3 is 2.68 bits per heavy atom. The zero-order chi connectivity index (χ0) is 19.9. The van der Waals surface area contributed by atoms with Crippen LogP contribution in [0.5, 0.6) is 5.75 Å². The van der Waals surface area contributed by atoms with Gasteiger partial charge in [0.1, 0.15) is 17.6 Å². The predicted molar refractivity (Wildman–Crippen MR) is 101 cm³/mol. The van der Waals surface area contributed by atoms with Crippen LogP contribution in [-0.2, 0) is 9.59 Å². The largest absolute Gasteiger partial charge is 0.484 e. The highest BCUT2D eigenvalue weighted by molar-refractivity contribution is 6.30. The van der Waals surface area contributed by atoms with Gasteiger partial charge in [-0.25, -0.2) is 4.39 Å². The predicted octanol–water partition coefficient (Wildman–Crippen LogP) is 3.08. The number of amides is 2. The Kier molecular flexibility index (Phi) is 6.23. The molecule has 7 nitrogen and oxygen atoms in total. The SMILES string of the molecule is O=C(COc1ccc(F)c(Cl)c1)NC(C(=O)Nc1cn[nH]c1)c1ccccc1. The summed E-state index contributed by atoms with van der Waals surface area (Å²) < 4.78 is 18.5. The van der Waals surface area contributed by atoms with Gasteiger partial charge in [0.05, 0.1) is 16.9 Å². The summed E-state index contributed by atoms with van der Waals surface area (Å²) >= 11 is 5.69. The zero-order valence-corrected chi connectivity index (χ0v) is 15.2. The van der Waals surface area contributed by atoms with Crippen molar-refractivity contribution in [2.24, 2.45) is 0 Å². The molecule has 2 aromatic carbocycles. The standard InChI is InChI=1S/C19H16ClFN4O3/c20-15-8-14(6-7-16(15)21)28-11-17(26)25-18(12-4-2-1-3-5-12)19(27)24-13-9-22-23-10-13/h1-10,18H,11H2,(H,22,23)(H,24,27)(H,25,26). The Morgan fingerprint density at radius 2 is 2.00 bits per heavy atom. The first-order valence-corrected chi connectivity index (χ1v) is 8.62. The topological polar surface area (TPSA) is 96.1 Å². The summed E-state index contributed by atoms with van der Waals surface area (Å²) in [6, 6.07) is 11.6. The molecule has 144 valence electrons. The Morgan fingerprint density at radius 1 is 1.21 bits per heavy atom. The molecular formula is C19H16ClFN4O3. The van der Waals surface area contributed by atoms with Gasteiger partial charge in [0.15, 0.2) is 6.61 Å². The Labute approximate surface area is 164 Å². The molecule has 0 saturated carbocycles. The van der Waals surface area contributed by atoms with Crippen molar-refractivity contribution in [2.75, 3.05) is 11.9 Å². The number of benzene rings is 2. The van der Waals surface area contributed by atoms with Gasteiger partial charge < -0.3 is 15.4 Å². The van der Waals surface area contributed by atoms with E-state index in [1.807, 2.05) is 0 Å². The molecule has 0 radical (unpaired) electrons. The minimum absolute atomic E-state index is 0.112. The van der Waals surface area contributed by atoms with E-state index in [9.17, 15) is 14.0 Å². The molecule has 9 heteroatoms. The number of H-pyrrole nitrogens is 1. The first-order valence-electron chi connectivity index (χ1n) is 8.25. The first-order chi connectivity index (χ1) is 13.5. The van der Waals surface area contributed by atoms with Crippen LogP contribution < -0.4 is 15.4 Å². The maximum Gasteiger partial charge on any atom is 0.258 e. The average molecular weight is 403 g/mol. The molecule has 1 atom stereocenters. The summed E-state index contributed by atoms with van der Waals surface area (Å²) in [7, 11) is 0. The summed E-state index contributed by atoms with van der Waals surface area (Å²) in [5.74, 6) is -1.32. The summed E-state index contributed by atoms with van der Waals surface area (Å²) in [5, 5.41) is 11.5. The number of aromatic amines is 1. The van der Waals surface area contributed by atoms with Gasteiger partial charge in [-0.05, 0) is 17.7 Å². The van der Waals surface area contributed by atoms with Gasteiger partial charge in [-0.1, -0.05) is 41.9 Å². The van der Waals surface area contributed by atoms with Crippen molar-refractivity contribution in [3.63, 3.8) is 0 Å². The molecule has 1 heterocycles. The number of aromatic nitrogens is 2. The molecular weight excluding hydrogens is 387 g/mol. The number of hydrogen-bond acceptors (Lipinski definition) is 4. The second-order valence-electron chi connectivity index (χ2n) is 5.75. The van der Waals surface area contributed by atoms with Crippen LogP contribution in [0.15, 0.2) is 60.9 Å². The number of rotatable bonds is 7. The molecule has 1 aromatic heterocycles. The van der Waals surface area contributed by atoms with Crippen LogP contribution in [0.4, 0.5) is 10.1 Å². The fraction of sp³-hybridized carbons (Fsp3) is 0.105. The van der Waals surface area contributed by atoms with Gasteiger partial charge in [0, 0.05) is 12.3 Å². The second-order valence-corrected chi connectivity index (χ2v) is 6.16. The number of nitrogens with zero attached hydrogens (tertiary/aromatic N) is 1. The summed E-state index contributed by atoms with van der Waals surface area (Å²) in [5.41, 5.74) is 1.07. The third-order valence-electron chi connectivity index (χ3n) is 3.73. The fourth-order valence-electron chi connectivity index (χ4n) is 2.40. The molecule has 2 amide bonds. The summed E-state index contributed by atoms with van der Waals surface area (Å²) in [6.45, 7) is -0.371. The molecule has 0 bridgehead atoms. The van der Waals surface area contributed by atoms with Crippen LogP contribution >= 0.6 is 11.6 Å². The van der Waals surface area contributed by atoms with Crippen LogP contribution in [-0.4, -0.2) is 28.6 Å². The van der Waals surface area contributed by atoms with Crippen LogP contribution in [0.1, 0.15) is 11.6 Å². The third kappa shape index (κ3) is 5.08. The molecule has 1 unspecified atom stereocenters. The van der Waals surface area contributed by atoms with Gasteiger partial charge in [0.2, 0.25) is 0 Å². The van der Waals surface area contributed by atoms with Gasteiger partial charge in [-0.2, -0.15) is 5.10 Å². The number of nitrogens with one attached hydrogen (secondary N) is 3. The molecule has 0 aliphatic carbocycles. The van der Waals surface area contributed by atoms with Crippen molar-refractivity contribution in [3.05, 3.63) is 77.3 Å². The Bertz CT molecular complexity index is 951. The average Bonchev–Trinajstić information content (AvgIpc) is 3.20. The minimum Gasteiger partial charge on any atom is -0.484 e. The maximum absolute atomic E-state index is 13.2. The Hall–Kier alpha value is -3.39. The monoisotopic (exact) mass is 402 g/mol. The van der Waals surface area contributed by atoms with Crippen LogP contribution in [0.25, 0.3) is 0 Å². The van der Waals surface area contributed by atoms with Crippen LogP contribution in [0, 0.1) is 5.82 Å². The lowest BCUT2D eigenvalue weighted by Gasteiger charge is -2.18. The van der Waals surface area contributed by atoms with Crippen LogP contribution in [0.2, 0.25) is 5.02 Å². The van der Waals surface area contributed by atoms with E-state index in [1.165, 1.54) is 24.5 Å². The van der Waals surface area contributed by atoms with E-state index in [-0.39, 0.29) is 17.4 Å². The third-order valence-corrected chi connectivity index (χ3v) is 4.02. The molecule has 28 heavy (non-hydrogen) atoms. The van der Waals surface area contributed by atoms with Gasteiger partial charge >= 0.3 is 0 Å². The highest BCUT2D eigenvalue weighted by Gasteiger charge is 2.23. The number of halogens is 2. The fourth-order valence-corrected chi connectivity index (χ4v) is 2.57. The molecule has 0 spiro atoms. The molecule has 3 N–H and O–H groups in total. The number of hydrogen-bond donors (Lipinski definition) is 3. The van der Waals surface area contributed by atoms with E-state index >= 15 is 0 Å². The number of carbonyl (C=O) groups is 2. The highest BCUT2D eigenvalue weighted by atomic mass is 35.5. The minimum atomic E-state index is -0.941. The van der Waals surface area contributed by atoms with Crippen molar-refractivity contribution in [1.82, 2.24) is 15.5 Å². The number of anilines is 1. The zero-order valence-electron chi connectivity index (χ0n) is 14.5. The van der Waals surface area contributed by atoms with Crippen molar-refractivity contribution in [3.8, 4) is 5.75 Å². The maximum atomic E-state index is 13.2. The highest BCUT2D eigenvalue weighted by Crippen LogP contribution is 2.21. The molecule has 0 fully saturated rings. The molecule has 0 aliphatic rings. The summed E-state index contributed by atoms with van der Waals surface area (Å²) in [6.07, 6.45) is 2.96. The van der Waals surface area contributed by atoms with Gasteiger partial charge in [-0.3, -0.25) is 14.7 Å². The van der Waals surface area contributed by atoms with Crippen molar-refractivity contribution < 1.29 is 18.7 Å². The van der Waals surface area contributed by atoms with Gasteiger partial charge in [-0.15, -0.1) is 0 Å². The van der Waals surface area contributed by atoms with E-state index in [4.69, 9.17) is 16.3 Å². The molecule has 0 aliphatic heterocycles. The number of carbonyl (C=O) groups excluding carboxylic acids is 2. The second kappa shape index (κ2) is 9.01. The van der Waals surface area contributed by atoms with Crippen molar-refractivity contribution >= 4 is 29.1 Å². The van der Waals surface area contributed by atoms with E-state index in [0.29, 0.717) is 11.3 Å².